The molecule has 1 aromatic heterocycles. The van der Waals surface area contributed by atoms with Crippen LogP contribution in [-0.2, 0) is 4.74 Å². The van der Waals surface area contributed by atoms with Crippen LogP contribution in [0.3, 0.4) is 0 Å². The third-order valence-electron chi connectivity index (χ3n) is 2.58. The van der Waals surface area contributed by atoms with Gasteiger partial charge in [0.05, 0.1) is 31.6 Å². The van der Waals surface area contributed by atoms with E-state index < -0.39 is 17.1 Å². The molecule has 2 heterocycles. The van der Waals surface area contributed by atoms with Crippen molar-refractivity contribution in [1.82, 2.24) is 9.55 Å². The molecule has 2 rings (SSSR count). The number of ether oxygens (including phenoxy) is 1. The van der Waals surface area contributed by atoms with Crippen LogP contribution in [0.4, 0.5) is 4.39 Å². The van der Waals surface area contributed by atoms with E-state index in [1.165, 1.54) is 0 Å². The number of nitrogens with one attached hydrogen (secondary N) is 1. The van der Waals surface area contributed by atoms with E-state index in [2.05, 4.69) is 0 Å². The number of aromatic nitrogens is 2. The number of halogens is 1. The summed E-state index contributed by atoms with van der Waals surface area (Å²) in [7, 11) is 0. The van der Waals surface area contributed by atoms with E-state index in [4.69, 9.17) is 9.84 Å². The molecule has 0 bridgehead atoms. The topological polar surface area (TPSA) is 84.3 Å². The van der Waals surface area contributed by atoms with Gasteiger partial charge in [-0.1, -0.05) is 0 Å². The molecule has 1 unspecified atom stereocenters. The van der Waals surface area contributed by atoms with Gasteiger partial charge in [0.15, 0.2) is 0 Å². The van der Waals surface area contributed by atoms with Crippen LogP contribution in [0.15, 0.2) is 15.8 Å². The summed E-state index contributed by atoms with van der Waals surface area (Å²) in [5.41, 5.74) is -1.70. The van der Waals surface area contributed by atoms with Crippen molar-refractivity contribution in [3.63, 3.8) is 0 Å². The summed E-state index contributed by atoms with van der Waals surface area (Å²) >= 11 is 0. The molecule has 1 aromatic rings. The molecule has 1 aliphatic heterocycles. The van der Waals surface area contributed by atoms with Crippen molar-refractivity contribution in [1.29, 1.82) is 0 Å². The number of aromatic amines is 1. The molecule has 0 aromatic carbocycles. The Morgan fingerprint density at radius 1 is 1.62 bits per heavy atom. The molecule has 1 aliphatic rings. The van der Waals surface area contributed by atoms with E-state index in [1.54, 1.807) is 0 Å². The van der Waals surface area contributed by atoms with Crippen molar-refractivity contribution >= 4 is 0 Å². The number of nitrogens with zero attached hydrogens (tertiary/aromatic N) is 1. The van der Waals surface area contributed by atoms with Gasteiger partial charge in [-0.15, -0.1) is 0 Å². The number of rotatable bonds is 2. The van der Waals surface area contributed by atoms with Gasteiger partial charge in [-0.25, -0.2) is 4.79 Å². The normalized spacial score (nSPS) is 24.9. The summed E-state index contributed by atoms with van der Waals surface area (Å²) in [5.74, 6) is -1.01. The number of hydrogen-bond donors (Lipinski definition) is 2. The van der Waals surface area contributed by atoms with Gasteiger partial charge >= 0.3 is 5.69 Å². The lowest BCUT2D eigenvalue weighted by Crippen LogP contribution is -2.34. The Morgan fingerprint density at radius 3 is 3.00 bits per heavy atom. The lowest BCUT2D eigenvalue weighted by Gasteiger charge is -2.10. The second kappa shape index (κ2) is 4.18. The standard InChI is InChI=1S/C9H11FN2O4/c10-7-2-12(9(15)11-8(7)14)5-1-6(3-13)16-4-5/h2,5-6,13H,1,3-4H2,(H,11,14,15)/t5?,6-/m0/s1. The van der Waals surface area contributed by atoms with Crippen LogP contribution in [0, 0.1) is 5.82 Å². The number of H-pyrrole nitrogens is 1. The molecule has 88 valence electrons. The minimum atomic E-state index is -1.03. The molecule has 1 fully saturated rings. The van der Waals surface area contributed by atoms with Crippen LogP contribution < -0.4 is 11.2 Å². The quantitative estimate of drug-likeness (QED) is 0.682. The molecule has 0 aliphatic carbocycles. The smallest absolute Gasteiger partial charge is 0.328 e. The minimum absolute atomic E-state index is 0.142. The van der Waals surface area contributed by atoms with Crippen LogP contribution in [0.2, 0.25) is 0 Å². The summed E-state index contributed by atoms with van der Waals surface area (Å²) in [6.45, 7) is 0.0771. The monoisotopic (exact) mass is 230 g/mol. The third kappa shape index (κ3) is 1.91. The first-order valence-electron chi connectivity index (χ1n) is 4.85. The molecule has 0 amide bonds. The maximum Gasteiger partial charge on any atom is 0.328 e. The van der Waals surface area contributed by atoms with Gasteiger partial charge in [-0.2, -0.15) is 4.39 Å². The van der Waals surface area contributed by atoms with E-state index in [1.807, 2.05) is 4.98 Å². The summed E-state index contributed by atoms with van der Waals surface area (Å²) < 4.78 is 19.3. The molecule has 6 nitrogen and oxygen atoms in total. The second-order valence-electron chi connectivity index (χ2n) is 3.67. The van der Waals surface area contributed by atoms with E-state index >= 15 is 0 Å². The average Bonchev–Trinajstić information content (AvgIpc) is 2.71. The lowest BCUT2D eigenvalue weighted by atomic mass is 10.2. The van der Waals surface area contributed by atoms with E-state index in [0.29, 0.717) is 6.42 Å². The first kappa shape index (κ1) is 11.0. The molecule has 16 heavy (non-hydrogen) atoms. The zero-order valence-corrected chi connectivity index (χ0v) is 8.35. The molecular formula is C9H11FN2O4. The van der Waals surface area contributed by atoms with Crippen LogP contribution >= 0.6 is 0 Å². The molecule has 0 saturated carbocycles. The second-order valence-corrected chi connectivity index (χ2v) is 3.67. The highest BCUT2D eigenvalue weighted by Gasteiger charge is 2.27. The zero-order valence-electron chi connectivity index (χ0n) is 8.35. The van der Waals surface area contributed by atoms with Crippen LogP contribution in [0.25, 0.3) is 0 Å². The molecule has 0 radical (unpaired) electrons. The fourth-order valence-electron chi connectivity index (χ4n) is 1.74. The Balaban J connectivity index is 2.32. The molecule has 2 N–H and O–H groups in total. The van der Waals surface area contributed by atoms with Gasteiger partial charge in [-0.3, -0.25) is 14.3 Å². The number of hydrogen-bond acceptors (Lipinski definition) is 4. The van der Waals surface area contributed by atoms with Crippen molar-refractivity contribution < 1.29 is 14.2 Å². The Hall–Kier alpha value is -1.47. The van der Waals surface area contributed by atoms with Crippen molar-refractivity contribution in [2.24, 2.45) is 0 Å². The Kier molecular flexibility index (Phi) is 2.88. The SMILES string of the molecule is O=c1[nH]c(=O)n(C2CO[C@H](CO)C2)cc1F. The Morgan fingerprint density at radius 2 is 2.38 bits per heavy atom. The minimum Gasteiger partial charge on any atom is -0.394 e. The lowest BCUT2D eigenvalue weighted by molar-refractivity contribution is 0.0574. The highest BCUT2D eigenvalue weighted by atomic mass is 19.1. The predicted molar refractivity (Wildman–Crippen MR) is 51.8 cm³/mol. The zero-order chi connectivity index (χ0) is 11.7. The number of aliphatic hydroxyl groups is 1. The highest BCUT2D eigenvalue weighted by molar-refractivity contribution is 4.91. The third-order valence-corrected chi connectivity index (χ3v) is 2.58. The fourth-order valence-corrected chi connectivity index (χ4v) is 1.74. The molecule has 0 spiro atoms. The first-order valence-corrected chi connectivity index (χ1v) is 4.85. The van der Waals surface area contributed by atoms with Gasteiger partial charge in [-0.05, 0) is 6.42 Å². The fraction of sp³-hybridized carbons (Fsp3) is 0.556. The largest absolute Gasteiger partial charge is 0.394 e. The summed E-state index contributed by atoms with van der Waals surface area (Å²) in [5, 5.41) is 8.85. The Bertz CT molecular complexity index is 495. The van der Waals surface area contributed by atoms with Crippen LogP contribution in [-0.4, -0.2) is 34.0 Å². The molecule has 7 heteroatoms. The van der Waals surface area contributed by atoms with Gasteiger partial charge in [0, 0.05) is 0 Å². The van der Waals surface area contributed by atoms with E-state index in [0.717, 1.165) is 10.8 Å². The van der Waals surface area contributed by atoms with Gasteiger partial charge < -0.3 is 9.84 Å². The Labute approximate surface area is 89.3 Å². The summed E-state index contributed by atoms with van der Waals surface area (Å²) in [4.78, 5) is 24.1. The molecule has 1 saturated heterocycles. The van der Waals surface area contributed by atoms with Crippen LogP contribution in [0.1, 0.15) is 12.5 Å². The maximum absolute atomic E-state index is 13.0. The van der Waals surface area contributed by atoms with Crippen molar-refractivity contribution in [2.75, 3.05) is 13.2 Å². The van der Waals surface area contributed by atoms with Crippen molar-refractivity contribution in [2.45, 2.75) is 18.6 Å². The van der Waals surface area contributed by atoms with Gasteiger partial charge in [0.25, 0.3) is 5.56 Å². The summed E-state index contributed by atoms with van der Waals surface area (Å²) in [6.07, 6.45) is 0.948. The maximum atomic E-state index is 13.0. The van der Waals surface area contributed by atoms with E-state index in [-0.39, 0.29) is 25.4 Å². The molecule has 2 atom stereocenters. The highest BCUT2D eigenvalue weighted by Crippen LogP contribution is 2.22. The van der Waals surface area contributed by atoms with Crippen molar-refractivity contribution in [3.05, 3.63) is 32.9 Å². The molecular weight excluding hydrogens is 219 g/mol. The van der Waals surface area contributed by atoms with Crippen LogP contribution in [0.5, 0.6) is 0 Å². The predicted octanol–water partition coefficient (Wildman–Crippen LogP) is -1.00. The van der Waals surface area contributed by atoms with Gasteiger partial charge in [0.1, 0.15) is 0 Å². The first-order chi connectivity index (χ1) is 7.61. The van der Waals surface area contributed by atoms with E-state index in [9.17, 15) is 14.0 Å². The van der Waals surface area contributed by atoms with Crippen molar-refractivity contribution in [3.8, 4) is 0 Å². The summed E-state index contributed by atoms with van der Waals surface area (Å²) in [6, 6.07) is -0.351. The van der Waals surface area contributed by atoms with Gasteiger partial charge in [0.2, 0.25) is 5.82 Å². The average molecular weight is 230 g/mol. The number of aliphatic hydroxyl groups excluding tert-OH is 1.